The summed E-state index contributed by atoms with van der Waals surface area (Å²) < 4.78 is 26.2. The summed E-state index contributed by atoms with van der Waals surface area (Å²) in [6.07, 6.45) is 0. The maximum atomic E-state index is 14.3. The summed E-state index contributed by atoms with van der Waals surface area (Å²) in [7, 11) is 1.25. The zero-order valence-electron chi connectivity index (χ0n) is 14.8. The molecule has 0 radical (unpaired) electrons. The van der Waals surface area contributed by atoms with Gasteiger partial charge in [-0.25, -0.2) is 4.39 Å². The first-order chi connectivity index (χ1) is 13.0. The monoisotopic (exact) mass is 388 g/mol. The summed E-state index contributed by atoms with van der Waals surface area (Å²) in [6.45, 7) is 2.15. The van der Waals surface area contributed by atoms with Crippen molar-refractivity contribution in [3.05, 3.63) is 58.6 Å². The number of halogens is 1. The molecule has 0 unspecified atom stereocenters. The average Bonchev–Trinajstić information content (AvgIpc) is 3.00. The maximum absolute atomic E-state index is 14.3. The first-order valence-corrected chi connectivity index (χ1v) is 9.01. The summed E-state index contributed by atoms with van der Waals surface area (Å²) in [6, 6.07) is 11.1. The van der Waals surface area contributed by atoms with E-state index in [1.165, 1.54) is 17.7 Å². The Morgan fingerprint density at radius 1 is 1.19 bits per heavy atom. The number of hydrogen-bond donors (Lipinski definition) is 0. The van der Waals surface area contributed by atoms with E-state index in [-0.39, 0.29) is 16.9 Å². The van der Waals surface area contributed by atoms with Crippen LogP contribution in [0.25, 0.3) is 10.2 Å². The normalized spacial score (nSPS) is 11.6. The number of rotatable bonds is 5. The zero-order chi connectivity index (χ0) is 19.4. The van der Waals surface area contributed by atoms with Gasteiger partial charge in [0.2, 0.25) is 0 Å². The van der Waals surface area contributed by atoms with Gasteiger partial charge >= 0.3 is 5.97 Å². The lowest BCUT2D eigenvalue weighted by molar-refractivity contribution is -0.141. The summed E-state index contributed by atoms with van der Waals surface area (Å²) in [5.74, 6) is -0.905. The molecule has 0 saturated heterocycles. The van der Waals surface area contributed by atoms with Gasteiger partial charge in [0.25, 0.3) is 5.91 Å². The third kappa shape index (κ3) is 4.06. The number of aromatic nitrogens is 1. The van der Waals surface area contributed by atoms with Gasteiger partial charge in [-0.1, -0.05) is 17.4 Å². The van der Waals surface area contributed by atoms with Crippen LogP contribution in [0.4, 0.5) is 4.39 Å². The Balaban J connectivity index is 2.06. The van der Waals surface area contributed by atoms with Gasteiger partial charge in [0.05, 0.1) is 23.9 Å². The van der Waals surface area contributed by atoms with Gasteiger partial charge in [-0.05, 0) is 43.3 Å². The standard InChI is InChI=1S/C19H17FN2O4S/c1-3-26-13-9-7-12(8-10-13)18(24)21-19-22(11-16(23)25-2)17-14(20)5-4-6-15(17)27-19/h4-10H,3,11H2,1-2H3. The number of carbonyl (C=O) groups excluding carboxylic acids is 2. The quantitative estimate of drug-likeness (QED) is 0.630. The van der Waals surface area contributed by atoms with Crippen molar-refractivity contribution < 1.29 is 23.5 Å². The van der Waals surface area contributed by atoms with Gasteiger partial charge in [-0.15, -0.1) is 0 Å². The fourth-order valence-corrected chi connectivity index (χ4v) is 3.57. The smallest absolute Gasteiger partial charge is 0.325 e. The molecule has 1 aromatic heterocycles. The summed E-state index contributed by atoms with van der Waals surface area (Å²) in [5.41, 5.74) is 0.576. The van der Waals surface area contributed by atoms with Gasteiger partial charge in [0.1, 0.15) is 18.1 Å². The molecule has 1 heterocycles. The van der Waals surface area contributed by atoms with Crippen LogP contribution in [0.1, 0.15) is 17.3 Å². The van der Waals surface area contributed by atoms with Crippen LogP contribution >= 0.6 is 11.3 Å². The highest BCUT2D eigenvalue weighted by Gasteiger charge is 2.15. The van der Waals surface area contributed by atoms with Crippen molar-refractivity contribution in [2.75, 3.05) is 13.7 Å². The van der Waals surface area contributed by atoms with Crippen LogP contribution in [0.3, 0.4) is 0 Å². The first-order valence-electron chi connectivity index (χ1n) is 8.20. The summed E-state index contributed by atoms with van der Waals surface area (Å²) in [5, 5.41) is 0. The molecular formula is C19H17FN2O4S. The maximum Gasteiger partial charge on any atom is 0.325 e. The molecular weight excluding hydrogens is 371 g/mol. The molecule has 140 valence electrons. The van der Waals surface area contributed by atoms with Gasteiger partial charge in [0.15, 0.2) is 4.80 Å². The number of carbonyl (C=O) groups is 2. The number of fused-ring (bicyclic) bond motifs is 1. The van der Waals surface area contributed by atoms with Crippen molar-refractivity contribution in [2.24, 2.45) is 4.99 Å². The van der Waals surface area contributed by atoms with Crippen molar-refractivity contribution in [1.82, 2.24) is 4.57 Å². The lowest BCUT2D eigenvalue weighted by atomic mass is 10.2. The van der Waals surface area contributed by atoms with Crippen LogP contribution in [0.15, 0.2) is 47.5 Å². The minimum atomic E-state index is -0.562. The van der Waals surface area contributed by atoms with Gasteiger partial charge in [0, 0.05) is 5.56 Å². The second kappa shape index (κ2) is 8.13. The molecule has 3 aromatic rings. The van der Waals surface area contributed by atoms with Crippen LogP contribution in [-0.2, 0) is 16.1 Å². The number of para-hydroxylation sites is 1. The van der Waals surface area contributed by atoms with Gasteiger partial charge in [-0.3, -0.25) is 9.59 Å². The van der Waals surface area contributed by atoms with Crippen LogP contribution in [0.2, 0.25) is 0 Å². The lowest BCUT2D eigenvalue weighted by Crippen LogP contribution is -2.22. The molecule has 8 heteroatoms. The fourth-order valence-electron chi connectivity index (χ4n) is 2.52. The minimum absolute atomic E-state index is 0.214. The van der Waals surface area contributed by atoms with Crippen molar-refractivity contribution in [1.29, 1.82) is 0 Å². The average molecular weight is 388 g/mol. The van der Waals surface area contributed by atoms with Gasteiger partial charge in [-0.2, -0.15) is 4.99 Å². The molecule has 1 amide bonds. The third-order valence-corrected chi connectivity index (χ3v) is 4.82. The molecule has 3 rings (SSSR count). The van der Waals surface area contributed by atoms with E-state index in [2.05, 4.69) is 9.73 Å². The molecule has 0 bridgehead atoms. The number of esters is 1. The molecule has 27 heavy (non-hydrogen) atoms. The van der Waals surface area contributed by atoms with Crippen molar-refractivity contribution >= 4 is 33.4 Å². The van der Waals surface area contributed by atoms with Crippen LogP contribution in [0, 0.1) is 5.82 Å². The van der Waals surface area contributed by atoms with E-state index in [1.54, 1.807) is 36.4 Å². The molecule has 0 atom stereocenters. The van der Waals surface area contributed by atoms with Crippen LogP contribution in [0.5, 0.6) is 5.75 Å². The minimum Gasteiger partial charge on any atom is -0.494 e. The molecule has 0 aliphatic rings. The van der Waals surface area contributed by atoms with Crippen LogP contribution < -0.4 is 9.54 Å². The molecule has 0 aliphatic carbocycles. The fraction of sp³-hybridized carbons (Fsp3) is 0.211. The Kier molecular flexibility index (Phi) is 5.66. The molecule has 0 spiro atoms. The van der Waals surface area contributed by atoms with Crippen molar-refractivity contribution in [3.8, 4) is 5.75 Å². The Morgan fingerprint density at radius 2 is 1.93 bits per heavy atom. The second-order valence-electron chi connectivity index (χ2n) is 5.51. The first kappa shape index (κ1) is 18.8. The highest BCUT2D eigenvalue weighted by atomic mass is 32.1. The number of hydrogen-bond acceptors (Lipinski definition) is 5. The number of methoxy groups -OCH3 is 1. The van der Waals surface area contributed by atoms with Crippen molar-refractivity contribution in [2.45, 2.75) is 13.5 Å². The summed E-state index contributed by atoms with van der Waals surface area (Å²) in [4.78, 5) is 28.6. The van der Waals surface area contributed by atoms with E-state index in [9.17, 15) is 14.0 Å². The largest absolute Gasteiger partial charge is 0.494 e. The van der Waals surface area contributed by atoms with E-state index < -0.39 is 17.7 Å². The zero-order valence-corrected chi connectivity index (χ0v) is 15.6. The number of benzene rings is 2. The predicted octanol–water partition coefficient (Wildman–Crippen LogP) is 3.15. The molecule has 6 nitrogen and oxygen atoms in total. The molecule has 0 aliphatic heterocycles. The van der Waals surface area contributed by atoms with E-state index in [0.717, 1.165) is 11.3 Å². The Hall–Kier alpha value is -3.00. The second-order valence-corrected chi connectivity index (χ2v) is 6.52. The topological polar surface area (TPSA) is 69.9 Å². The number of nitrogens with zero attached hydrogens (tertiary/aromatic N) is 2. The van der Waals surface area contributed by atoms with Gasteiger partial charge < -0.3 is 14.0 Å². The molecule has 0 saturated carbocycles. The number of thiazole rings is 1. The predicted molar refractivity (Wildman–Crippen MR) is 99.3 cm³/mol. The third-order valence-electron chi connectivity index (χ3n) is 3.78. The SMILES string of the molecule is CCOc1ccc(C(=O)N=c2sc3cccc(F)c3n2CC(=O)OC)cc1. The van der Waals surface area contributed by atoms with E-state index >= 15 is 0 Å². The Bertz CT molecular complexity index is 1050. The Labute approximate surface area is 158 Å². The molecule has 0 fully saturated rings. The lowest BCUT2D eigenvalue weighted by Gasteiger charge is -2.04. The summed E-state index contributed by atoms with van der Waals surface area (Å²) >= 11 is 1.13. The van der Waals surface area contributed by atoms with E-state index in [0.29, 0.717) is 22.6 Å². The Morgan fingerprint density at radius 3 is 2.59 bits per heavy atom. The highest BCUT2D eigenvalue weighted by molar-refractivity contribution is 7.16. The number of ether oxygens (including phenoxy) is 2. The van der Waals surface area contributed by atoms with Crippen LogP contribution in [-0.4, -0.2) is 30.2 Å². The highest BCUT2D eigenvalue weighted by Crippen LogP contribution is 2.21. The van der Waals surface area contributed by atoms with E-state index in [4.69, 9.17) is 4.74 Å². The molecule has 2 aromatic carbocycles. The molecule has 0 N–H and O–H groups in total. The van der Waals surface area contributed by atoms with E-state index in [1.807, 2.05) is 6.92 Å². The number of amides is 1. The van der Waals surface area contributed by atoms with Crippen molar-refractivity contribution in [3.63, 3.8) is 0 Å².